The summed E-state index contributed by atoms with van der Waals surface area (Å²) >= 11 is 0. The van der Waals surface area contributed by atoms with Crippen LogP contribution in [0.5, 0.6) is 0 Å². The van der Waals surface area contributed by atoms with Gasteiger partial charge in [0.25, 0.3) is 0 Å². The summed E-state index contributed by atoms with van der Waals surface area (Å²) in [6, 6.07) is 0. The standard InChI is InChI=1S/C13H30NO7P/c1-3-20-22(17,21-4-2)13-14(5-9-18-11-7-15)6-10-19-12-8-16/h15-16H,3-13H2,1-2H3. The summed E-state index contributed by atoms with van der Waals surface area (Å²) in [5.74, 6) is 0. The molecule has 0 aromatic carbocycles. The topological polar surface area (TPSA) is 97.7 Å². The van der Waals surface area contributed by atoms with Crippen molar-refractivity contribution >= 4 is 7.60 Å². The Bertz CT molecular complexity index is 272. The summed E-state index contributed by atoms with van der Waals surface area (Å²) in [6.45, 7) is 6.48. The van der Waals surface area contributed by atoms with Crippen molar-refractivity contribution in [2.75, 3.05) is 72.2 Å². The molecule has 2 N–H and O–H groups in total. The Morgan fingerprint density at radius 1 is 0.864 bits per heavy atom. The van der Waals surface area contributed by atoms with Crippen molar-refractivity contribution in [3.63, 3.8) is 0 Å². The van der Waals surface area contributed by atoms with E-state index in [1.807, 2.05) is 4.90 Å². The number of aliphatic hydroxyl groups is 2. The lowest BCUT2D eigenvalue weighted by Gasteiger charge is -2.26. The van der Waals surface area contributed by atoms with E-state index < -0.39 is 7.60 Å². The normalized spacial score (nSPS) is 12.2. The van der Waals surface area contributed by atoms with Crippen LogP contribution in [0.25, 0.3) is 0 Å². The molecular formula is C13H30NO7P. The SMILES string of the molecule is CCOP(=O)(CN(CCOCCO)CCOCCO)OCC. The van der Waals surface area contributed by atoms with Crippen LogP contribution in [-0.2, 0) is 23.1 Å². The van der Waals surface area contributed by atoms with Crippen molar-refractivity contribution in [2.24, 2.45) is 0 Å². The predicted molar refractivity (Wildman–Crippen MR) is 83.1 cm³/mol. The van der Waals surface area contributed by atoms with Crippen LogP contribution in [0.15, 0.2) is 0 Å². The fraction of sp³-hybridized carbons (Fsp3) is 1.00. The highest BCUT2D eigenvalue weighted by molar-refractivity contribution is 7.53. The summed E-state index contributed by atoms with van der Waals surface area (Å²) in [4.78, 5) is 1.88. The molecule has 0 rings (SSSR count). The van der Waals surface area contributed by atoms with Gasteiger partial charge in [0.15, 0.2) is 0 Å². The smallest absolute Gasteiger partial charge is 0.344 e. The largest absolute Gasteiger partial charge is 0.394 e. The van der Waals surface area contributed by atoms with Gasteiger partial charge >= 0.3 is 7.60 Å². The number of ether oxygens (including phenoxy) is 2. The molecule has 0 saturated heterocycles. The van der Waals surface area contributed by atoms with Crippen LogP contribution in [-0.4, -0.2) is 87.3 Å². The quantitative estimate of drug-likeness (QED) is 0.309. The van der Waals surface area contributed by atoms with Gasteiger partial charge < -0.3 is 28.7 Å². The molecule has 134 valence electrons. The number of rotatable bonds is 16. The van der Waals surface area contributed by atoms with Crippen molar-refractivity contribution in [3.05, 3.63) is 0 Å². The Kier molecular flexibility index (Phi) is 14.5. The average Bonchev–Trinajstić information content (AvgIpc) is 2.48. The van der Waals surface area contributed by atoms with Crippen LogP contribution in [0.2, 0.25) is 0 Å². The molecule has 9 heteroatoms. The Morgan fingerprint density at radius 3 is 1.68 bits per heavy atom. The molecule has 0 aromatic heterocycles. The lowest BCUT2D eigenvalue weighted by molar-refractivity contribution is 0.0530. The van der Waals surface area contributed by atoms with Crippen LogP contribution >= 0.6 is 7.60 Å². The average molecular weight is 343 g/mol. The van der Waals surface area contributed by atoms with Gasteiger partial charge in [-0.1, -0.05) is 0 Å². The van der Waals surface area contributed by atoms with Crippen molar-refractivity contribution in [2.45, 2.75) is 13.8 Å². The third-order valence-electron chi connectivity index (χ3n) is 2.60. The molecular weight excluding hydrogens is 313 g/mol. The van der Waals surface area contributed by atoms with Crippen LogP contribution in [0, 0.1) is 0 Å². The highest BCUT2D eigenvalue weighted by atomic mass is 31.2. The first kappa shape index (κ1) is 21.9. The monoisotopic (exact) mass is 343 g/mol. The summed E-state index contributed by atoms with van der Waals surface area (Å²) in [6.07, 6.45) is 0.152. The van der Waals surface area contributed by atoms with E-state index in [1.54, 1.807) is 13.8 Å². The molecule has 0 heterocycles. The van der Waals surface area contributed by atoms with Crippen LogP contribution in [0.3, 0.4) is 0 Å². The van der Waals surface area contributed by atoms with Gasteiger partial charge in [0.1, 0.15) is 6.29 Å². The molecule has 0 saturated carbocycles. The van der Waals surface area contributed by atoms with Gasteiger partial charge in [0.05, 0.1) is 52.9 Å². The highest BCUT2D eigenvalue weighted by Gasteiger charge is 2.26. The Balaban J connectivity index is 4.41. The van der Waals surface area contributed by atoms with Crippen molar-refractivity contribution < 1.29 is 33.3 Å². The number of hydrogen-bond donors (Lipinski definition) is 2. The van der Waals surface area contributed by atoms with Crippen LogP contribution in [0.4, 0.5) is 0 Å². The predicted octanol–water partition coefficient (Wildman–Crippen LogP) is 0.530. The maximum absolute atomic E-state index is 12.6. The summed E-state index contributed by atoms with van der Waals surface area (Å²) in [5, 5.41) is 17.4. The maximum atomic E-state index is 12.6. The third kappa shape index (κ3) is 11.5. The summed E-state index contributed by atoms with van der Waals surface area (Å²) < 4.78 is 33.6. The number of nitrogens with zero attached hydrogens (tertiary/aromatic N) is 1. The second kappa shape index (κ2) is 14.5. The molecule has 0 fully saturated rings. The van der Waals surface area contributed by atoms with E-state index in [-0.39, 0.29) is 32.7 Å². The zero-order valence-corrected chi connectivity index (χ0v) is 14.5. The van der Waals surface area contributed by atoms with E-state index in [0.717, 1.165) is 0 Å². The number of hydrogen-bond acceptors (Lipinski definition) is 8. The minimum Gasteiger partial charge on any atom is -0.394 e. The molecule has 0 bridgehead atoms. The molecule has 0 aromatic rings. The lowest BCUT2D eigenvalue weighted by atomic mass is 10.5. The zero-order valence-electron chi connectivity index (χ0n) is 13.6. The minimum atomic E-state index is -3.17. The van der Waals surface area contributed by atoms with Gasteiger partial charge in [-0.15, -0.1) is 0 Å². The zero-order chi connectivity index (χ0) is 16.7. The van der Waals surface area contributed by atoms with Crippen LogP contribution < -0.4 is 0 Å². The van der Waals surface area contributed by atoms with Gasteiger partial charge in [-0.3, -0.25) is 9.46 Å². The van der Waals surface area contributed by atoms with Crippen molar-refractivity contribution in [1.29, 1.82) is 0 Å². The van der Waals surface area contributed by atoms with Gasteiger partial charge in [0, 0.05) is 13.1 Å². The molecule has 8 nitrogen and oxygen atoms in total. The number of aliphatic hydroxyl groups excluding tert-OH is 2. The van der Waals surface area contributed by atoms with Gasteiger partial charge in [-0.05, 0) is 13.8 Å². The fourth-order valence-electron chi connectivity index (χ4n) is 1.73. The molecule has 0 aliphatic carbocycles. The molecule has 0 aliphatic rings. The Hall–Kier alpha value is -0.0500. The molecule has 0 spiro atoms. The van der Waals surface area contributed by atoms with Gasteiger partial charge in [-0.25, -0.2) is 0 Å². The first-order valence-corrected chi connectivity index (χ1v) is 9.32. The Morgan fingerprint density at radius 2 is 1.32 bits per heavy atom. The highest BCUT2D eigenvalue weighted by Crippen LogP contribution is 2.48. The fourth-order valence-corrected chi connectivity index (χ4v) is 3.53. The van der Waals surface area contributed by atoms with Crippen LogP contribution in [0.1, 0.15) is 13.8 Å². The second-order valence-corrected chi connectivity index (χ2v) is 6.40. The van der Waals surface area contributed by atoms with E-state index in [1.165, 1.54) is 0 Å². The lowest BCUT2D eigenvalue weighted by Crippen LogP contribution is -2.33. The van der Waals surface area contributed by atoms with Gasteiger partial charge in [-0.2, -0.15) is 0 Å². The van der Waals surface area contributed by atoms with Gasteiger partial charge in [0.2, 0.25) is 0 Å². The first-order chi connectivity index (χ1) is 10.6. The maximum Gasteiger partial charge on any atom is 0.344 e. The van der Waals surface area contributed by atoms with E-state index in [2.05, 4.69) is 0 Å². The molecule has 0 unspecified atom stereocenters. The molecule has 0 aliphatic heterocycles. The second-order valence-electron chi connectivity index (χ2n) is 4.38. The third-order valence-corrected chi connectivity index (χ3v) is 4.65. The van der Waals surface area contributed by atoms with E-state index in [4.69, 9.17) is 28.7 Å². The van der Waals surface area contributed by atoms with Crippen molar-refractivity contribution in [1.82, 2.24) is 4.90 Å². The Labute approximate surface area is 132 Å². The van der Waals surface area contributed by atoms with E-state index >= 15 is 0 Å². The summed E-state index contributed by atoms with van der Waals surface area (Å²) in [7, 11) is -3.17. The minimum absolute atomic E-state index is 0.0318. The van der Waals surface area contributed by atoms with Crippen molar-refractivity contribution in [3.8, 4) is 0 Å². The molecule has 22 heavy (non-hydrogen) atoms. The summed E-state index contributed by atoms with van der Waals surface area (Å²) in [5.41, 5.74) is 0. The van der Waals surface area contributed by atoms with E-state index in [0.29, 0.717) is 39.5 Å². The van der Waals surface area contributed by atoms with E-state index in [9.17, 15) is 4.57 Å². The first-order valence-electron chi connectivity index (χ1n) is 7.59. The molecule has 0 amide bonds. The molecule has 0 radical (unpaired) electrons. The molecule has 0 atom stereocenters.